The first kappa shape index (κ1) is 12.3. The van der Waals surface area contributed by atoms with Crippen molar-refractivity contribution in [1.82, 2.24) is 0 Å². The highest BCUT2D eigenvalue weighted by molar-refractivity contribution is 5.85. The molecule has 0 aliphatic heterocycles. The predicted molar refractivity (Wildman–Crippen MR) is 50.8 cm³/mol. The summed E-state index contributed by atoms with van der Waals surface area (Å²) in [6.07, 6.45) is 0.598. The Hall–Kier alpha value is -0.670. The van der Waals surface area contributed by atoms with Gasteiger partial charge < -0.3 is 5.73 Å². The first-order chi connectivity index (χ1) is 5.66. The molecule has 0 aliphatic carbocycles. The Bertz CT molecular complexity index is 278. The van der Waals surface area contributed by atoms with Crippen molar-refractivity contribution in [2.75, 3.05) is 0 Å². The topological polar surface area (TPSA) is 26.0 Å². The van der Waals surface area contributed by atoms with E-state index in [9.17, 15) is 8.78 Å². The minimum absolute atomic E-state index is 0. The summed E-state index contributed by atoms with van der Waals surface area (Å²) >= 11 is 0. The third kappa shape index (κ3) is 2.64. The van der Waals surface area contributed by atoms with Gasteiger partial charge in [0, 0.05) is 11.6 Å². The van der Waals surface area contributed by atoms with E-state index in [0.29, 0.717) is 6.42 Å². The van der Waals surface area contributed by atoms with Crippen molar-refractivity contribution >= 4 is 12.4 Å². The number of rotatable bonds is 2. The van der Waals surface area contributed by atoms with Gasteiger partial charge in [-0.05, 0) is 12.5 Å². The molecule has 0 unspecified atom stereocenters. The molecule has 1 atom stereocenters. The molecule has 0 aliphatic rings. The molecule has 0 bridgehead atoms. The smallest absolute Gasteiger partial charge is 0.163 e. The van der Waals surface area contributed by atoms with E-state index < -0.39 is 17.7 Å². The zero-order valence-corrected chi connectivity index (χ0v) is 8.07. The van der Waals surface area contributed by atoms with E-state index >= 15 is 0 Å². The van der Waals surface area contributed by atoms with Crippen molar-refractivity contribution < 1.29 is 8.78 Å². The summed E-state index contributed by atoms with van der Waals surface area (Å²) in [7, 11) is 0. The molecular weight excluding hydrogens is 196 g/mol. The second kappa shape index (κ2) is 5.14. The Kier molecular flexibility index (Phi) is 4.88. The Labute approximate surface area is 82.4 Å². The molecular formula is C9H12ClF2N. The van der Waals surface area contributed by atoms with Crippen LogP contribution in [-0.2, 0) is 0 Å². The summed E-state index contributed by atoms with van der Waals surface area (Å²) in [5.74, 6) is -1.66. The lowest BCUT2D eigenvalue weighted by Gasteiger charge is -2.09. The second-order valence-electron chi connectivity index (χ2n) is 2.66. The van der Waals surface area contributed by atoms with Crippen LogP contribution in [0.2, 0.25) is 0 Å². The molecule has 1 nitrogen and oxygen atoms in total. The highest BCUT2D eigenvalue weighted by atomic mass is 35.5. The Balaban J connectivity index is 0.00000144. The molecule has 13 heavy (non-hydrogen) atoms. The number of benzene rings is 1. The van der Waals surface area contributed by atoms with Crippen LogP contribution in [0.4, 0.5) is 8.78 Å². The van der Waals surface area contributed by atoms with Crippen molar-refractivity contribution in [3.8, 4) is 0 Å². The van der Waals surface area contributed by atoms with E-state index in [1.807, 2.05) is 6.92 Å². The summed E-state index contributed by atoms with van der Waals surface area (Å²) in [4.78, 5) is 0. The third-order valence-corrected chi connectivity index (χ3v) is 1.82. The van der Waals surface area contributed by atoms with Crippen LogP contribution in [0.5, 0.6) is 0 Å². The first-order valence-corrected chi connectivity index (χ1v) is 3.86. The number of hydrogen-bond donors (Lipinski definition) is 1. The summed E-state index contributed by atoms with van der Waals surface area (Å²) in [5, 5.41) is 0. The largest absolute Gasteiger partial charge is 0.324 e. The summed E-state index contributed by atoms with van der Waals surface area (Å²) < 4.78 is 25.6. The lowest BCUT2D eigenvalue weighted by molar-refractivity contribution is 0.486. The van der Waals surface area contributed by atoms with E-state index in [1.54, 1.807) is 0 Å². The predicted octanol–water partition coefficient (Wildman–Crippen LogP) is 2.80. The Morgan fingerprint density at radius 1 is 1.38 bits per heavy atom. The average molecular weight is 208 g/mol. The molecule has 1 rings (SSSR count). The molecule has 0 heterocycles. The maximum absolute atomic E-state index is 13.0. The van der Waals surface area contributed by atoms with Crippen LogP contribution in [0.1, 0.15) is 24.9 Å². The van der Waals surface area contributed by atoms with E-state index in [1.165, 1.54) is 12.1 Å². The van der Waals surface area contributed by atoms with Gasteiger partial charge in [-0.25, -0.2) is 8.78 Å². The molecule has 0 saturated heterocycles. The van der Waals surface area contributed by atoms with Crippen LogP contribution in [0.25, 0.3) is 0 Å². The number of halogens is 3. The van der Waals surface area contributed by atoms with Crippen LogP contribution in [-0.4, -0.2) is 0 Å². The van der Waals surface area contributed by atoms with Crippen molar-refractivity contribution in [3.05, 3.63) is 35.4 Å². The number of hydrogen-bond acceptors (Lipinski definition) is 1. The molecule has 0 amide bonds. The van der Waals surface area contributed by atoms with Gasteiger partial charge in [0.1, 0.15) is 0 Å². The van der Waals surface area contributed by atoms with Gasteiger partial charge in [0.05, 0.1) is 0 Å². The standard InChI is InChI=1S/C9H11F2N.ClH/c1-2-8(12)6-4-3-5-7(10)9(6)11;/h3-5,8H,2,12H2,1H3;1H/t8-;/m0./s1. The normalized spacial score (nSPS) is 12.0. The molecule has 1 aromatic carbocycles. The molecule has 0 aromatic heterocycles. The fourth-order valence-electron chi connectivity index (χ4n) is 1.03. The lowest BCUT2D eigenvalue weighted by atomic mass is 10.1. The van der Waals surface area contributed by atoms with Crippen molar-refractivity contribution in [2.45, 2.75) is 19.4 Å². The fraction of sp³-hybridized carbons (Fsp3) is 0.333. The van der Waals surface area contributed by atoms with E-state index in [4.69, 9.17) is 5.73 Å². The van der Waals surface area contributed by atoms with Crippen molar-refractivity contribution in [2.24, 2.45) is 5.73 Å². The Morgan fingerprint density at radius 3 is 2.54 bits per heavy atom. The summed E-state index contributed by atoms with van der Waals surface area (Å²) in [6.45, 7) is 1.83. The van der Waals surface area contributed by atoms with Crippen LogP contribution < -0.4 is 5.73 Å². The quantitative estimate of drug-likeness (QED) is 0.793. The van der Waals surface area contributed by atoms with E-state index in [2.05, 4.69) is 0 Å². The van der Waals surface area contributed by atoms with Gasteiger partial charge in [-0.15, -0.1) is 12.4 Å². The van der Waals surface area contributed by atoms with Gasteiger partial charge in [-0.1, -0.05) is 19.1 Å². The van der Waals surface area contributed by atoms with Gasteiger partial charge in [-0.3, -0.25) is 0 Å². The highest BCUT2D eigenvalue weighted by Crippen LogP contribution is 2.19. The third-order valence-electron chi connectivity index (χ3n) is 1.82. The minimum Gasteiger partial charge on any atom is -0.324 e. The Morgan fingerprint density at radius 2 is 2.00 bits per heavy atom. The molecule has 1 aromatic rings. The van der Waals surface area contributed by atoms with Gasteiger partial charge in [0.25, 0.3) is 0 Å². The van der Waals surface area contributed by atoms with Crippen LogP contribution >= 0.6 is 12.4 Å². The van der Waals surface area contributed by atoms with Gasteiger partial charge in [0.2, 0.25) is 0 Å². The van der Waals surface area contributed by atoms with E-state index in [-0.39, 0.29) is 18.0 Å². The van der Waals surface area contributed by atoms with Gasteiger partial charge in [-0.2, -0.15) is 0 Å². The van der Waals surface area contributed by atoms with E-state index in [0.717, 1.165) is 6.07 Å². The first-order valence-electron chi connectivity index (χ1n) is 3.86. The van der Waals surface area contributed by atoms with Crippen LogP contribution in [0, 0.1) is 11.6 Å². The molecule has 2 N–H and O–H groups in total. The maximum atomic E-state index is 13.0. The summed E-state index contributed by atoms with van der Waals surface area (Å²) in [5.41, 5.74) is 5.80. The molecule has 0 spiro atoms. The summed E-state index contributed by atoms with van der Waals surface area (Å²) in [6, 6.07) is 3.64. The number of nitrogens with two attached hydrogens (primary N) is 1. The minimum atomic E-state index is -0.837. The molecule has 0 radical (unpaired) electrons. The molecule has 74 valence electrons. The maximum Gasteiger partial charge on any atom is 0.163 e. The van der Waals surface area contributed by atoms with Gasteiger partial charge >= 0.3 is 0 Å². The lowest BCUT2D eigenvalue weighted by Crippen LogP contribution is -2.11. The highest BCUT2D eigenvalue weighted by Gasteiger charge is 2.12. The molecule has 0 fully saturated rings. The molecule has 4 heteroatoms. The van der Waals surface area contributed by atoms with Crippen LogP contribution in [0.15, 0.2) is 18.2 Å². The zero-order valence-electron chi connectivity index (χ0n) is 7.26. The fourth-order valence-corrected chi connectivity index (χ4v) is 1.03. The van der Waals surface area contributed by atoms with Crippen LogP contribution in [0.3, 0.4) is 0 Å². The average Bonchev–Trinajstić information content (AvgIpc) is 2.08. The van der Waals surface area contributed by atoms with Gasteiger partial charge in [0.15, 0.2) is 11.6 Å². The SMILES string of the molecule is CC[C@H](N)c1cccc(F)c1F.Cl. The van der Waals surface area contributed by atoms with Crippen molar-refractivity contribution in [1.29, 1.82) is 0 Å². The zero-order chi connectivity index (χ0) is 9.14. The monoisotopic (exact) mass is 207 g/mol. The second-order valence-corrected chi connectivity index (χ2v) is 2.66. The molecule has 0 saturated carbocycles. The van der Waals surface area contributed by atoms with Crippen molar-refractivity contribution in [3.63, 3.8) is 0 Å².